The van der Waals surface area contributed by atoms with Crippen molar-refractivity contribution < 1.29 is 4.74 Å². The molecule has 80 valence electrons. The van der Waals surface area contributed by atoms with Crippen molar-refractivity contribution in [1.82, 2.24) is 4.98 Å². The van der Waals surface area contributed by atoms with Gasteiger partial charge in [-0.25, -0.2) is 0 Å². The Kier molecular flexibility index (Phi) is 2.07. The lowest BCUT2D eigenvalue weighted by Crippen LogP contribution is -1.88. The first-order valence-corrected chi connectivity index (χ1v) is 5.98. The number of fused-ring (bicyclic) bond motifs is 3. The molecule has 3 aromatic rings. The summed E-state index contributed by atoms with van der Waals surface area (Å²) in [6, 6.07) is 6.22. The van der Waals surface area contributed by atoms with Gasteiger partial charge in [0.15, 0.2) is 0 Å². The van der Waals surface area contributed by atoms with Gasteiger partial charge in [0.2, 0.25) is 0 Å². The quantitative estimate of drug-likeness (QED) is 0.633. The Morgan fingerprint density at radius 1 is 1.25 bits per heavy atom. The molecule has 0 radical (unpaired) electrons. The third-order valence-corrected chi connectivity index (χ3v) is 3.66. The molecule has 0 spiro atoms. The zero-order valence-electron chi connectivity index (χ0n) is 9.15. The summed E-state index contributed by atoms with van der Waals surface area (Å²) in [5, 5.41) is 4.54. The molecule has 0 fully saturated rings. The summed E-state index contributed by atoms with van der Waals surface area (Å²) >= 11 is 1.72. The van der Waals surface area contributed by atoms with E-state index in [2.05, 4.69) is 29.4 Å². The first-order valence-electron chi connectivity index (χ1n) is 5.10. The number of ether oxygens (including phenoxy) is 1. The number of aryl methyl sites for hydroxylation is 1. The van der Waals surface area contributed by atoms with Gasteiger partial charge in [-0.15, -0.1) is 11.3 Å². The van der Waals surface area contributed by atoms with Gasteiger partial charge < -0.3 is 4.74 Å². The van der Waals surface area contributed by atoms with E-state index in [1.807, 2.05) is 12.3 Å². The molecule has 0 amide bonds. The zero-order valence-corrected chi connectivity index (χ0v) is 9.97. The number of rotatable bonds is 1. The van der Waals surface area contributed by atoms with Crippen molar-refractivity contribution in [3.05, 3.63) is 35.3 Å². The van der Waals surface area contributed by atoms with Crippen LogP contribution in [0.4, 0.5) is 0 Å². The second kappa shape index (κ2) is 3.46. The molecular formula is C13H11NOS. The molecule has 1 aromatic carbocycles. The SMILES string of the molecule is COc1cc(C)c2ncc3sccc3c2c1. The van der Waals surface area contributed by atoms with Crippen LogP contribution in [0.25, 0.3) is 21.0 Å². The first-order chi connectivity index (χ1) is 7.79. The summed E-state index contributed by atoms with van der Waals surface area (Å²) in [6.07, 6.45) is 1.95. The Morgan fingerprint density at radius 2 is 2.12 bits per heavy atom. The number of aromatic nitrogens is 1. The maximum Gasteiger partial charge on any atom is 0.119 e. The molecular weight excluding hydrogens is 218 g/mol. The van der Waals surface area contributed by atoms with Gasteiger partial charge in [0.1, 0.15) is 5.75 Å². The molecule has 0 aliphatic heterocycles. The van der Waals surface area contributed by atoms with Crippen LogP contribution in [-0.2, 0) is 0 Å². The molecule has 2 heterocycles. The normalized spacial score (nSPS) is 11.1. The van der Waals surface area contributed by atoms with Gasteiger partial charge in [-0.1, -0.05) is 0 Å². The Balaban J connectivity index is 2.52. The monoisotopic (exact) mass is 229 g/mol. The van der Waals surface area contributed by atoms with E-state index in [-0.39, 0.29) is 0 Å². The summed E-state index contributed by atoms with van der Waals surface area (Å²) in [4.78, 5) is 4.51. The molecule has 2 aromatic heterocycles. The Labute approximate surface area is 97.5 Å². The predicted molar refractivity (Wildman–Crippen MR) is 68.4 cm³/mol. The van der Waals surface area contributed by atoms with Gasteiger partial charge in [0.05, 0.1) is 17.3 Å². The van der Waals surface area contributed by atoms with Crippen molar-refractivity contribution in [2.75, 3.05) is 7.11 Å². The maximum absolute atomic E-state index is 5.30. The molecule has 0 saturated carbocycles. The van der Waals surface area contributed by atoms with Gasteiger partial charge in [0.25, 0.3) is 0 Å². The summed E-state index contributed by atoms with van der Waals surface area (Å²) in [6.45, 7) is 2.07. The summed E-state index contributed by atoms with van der Waals surface area (Å²) in [7, 11) is 1.70. The number of nitrogens with zero attached hydrogens (tertiary/aromatic N) is 1. The Morgan fingerprint density at radius 3 is 2.94 bits per heavy atom. The highest BCUT2D eigenvalue weighted by atomic mass is 32.1. The lowest BCUT2D eigenvalue weighted by Gasteiger charge is -2.06. The van der Waals surface area contributed by atoms with Crippen LogP contribution in [0.2, 0.25) is 0 Å². The van der Waals surface area contributed by atoms with E-state index in [1.54, 1.807) is 18.4 Å². The van der Waals surface area contributed by atoms with E-state index < -0.39 is 0 Å². The van der Waals surface area contributed by atoms with E-state index in [9.17, 15) is 0 Å². The summed E-state index contributed by atoms with van der Waals surface area (Å²) in [5.74, 6) is 0.894. The van der Waals surface area contributed by atoms with Crippen LogP contribution in [0.15, 0.2) is 29.8 Å². The third kappa shape index (κ3) is 1.28. The summed E-state index contributed by atoms with van der Waals surface area (Å²) < 4.78 is 6.53. The lowest BCUT2D eigenvalue weighted by atomic mass is 10.1. The van der Waals surface area contributed by atoms with E-state index in [1.165, 1.54) is 15.5 Å². The van der Waals surface area contributed by atoms with Crippen LogP contribution in [0.5, 0.6) is 5.75 Å². The van der Waals surface area contributed by atoms with Crippen LogP contribution in [-0.4, -0.2) is 12.1 Å². The average Bonchev–Trinajstić information content (AvgIpc) is 2.77. The smallest absolute Gasteiger partial charge is 0.119 e. The molecule has 0 unspecified atom stereocenters. The maximum atomic E-state index is 5.30. The number of thiophene rings is 1. The van der Waals surface area contributed by atoms with Gasteiger partial charge in [0, 0.05) is 17.0 Å². The molecule has 0 aliphatic rings. The van der Waals surface area contributed by atoms with E-state index in [0.717, 1.165) is 16.8 Å². The average molecular weight is 229 g/mol. The van der Waals surface area contributed by atoms with Gasteiger partial charge in [-0.3, -0.25) is 4.98 Å². The van der Waals surface area contributed by atoms with Crippen LogP contribution >= 0.6 is 11.3 Å². The Bertz CT molecular complexity index is 672. The molecule has 3 heteroatoms. The summed E-state index contributed by atoms with van der Waals surface area (Å²) in [5.41, 5.74) is 2.22. The number of hydrogen-bond acceptors (Lipinski definition) is 3. The number of methoxy groups -OCH3 is 1. The number of pyridine rings is 1. The highest BCUT2D eigenvalue weighted by Crippen LogP contribution is 2.31. The molecule has 0 bridgehead atoms. The minimum Gasteiger partial charge on any atom is -0.497 e. The fraction of sp³-hybridized carbons (Fsp3) is 0.154. The van der Waals surface area contributed by atoms with Gasteiger partial charge in [-0.05, 0) is 36.1 Å². The van der Waals surface area contributed by atoms with E-state index in [4.69, 9.17) is 4.74 Å². The second-order valence-corrected chi connectivity index (χ2v) is 4.74. The van der Waals surface area contributed by atoms with Gasteiger partial charge in [-0.2, -0.15) is 0 Å². The molecule has 2 nitrogen and oxygen atoms in total. The molecule has 0 saturated heterocycles. The van der Waals surface area contributed by atoms with E-state index >= 15 is 0 Å². The molecule has 3 rings (SSSR count). The molecule has 0 N–H and O–H groups in total. The van der Waals surface area contributed by atoms with Crippen molar-refractivity contribution in [3.63, 3.8) is 0 Å². The van der Waals surface area contributed by atoms with Crippen molar-refractivity contribution in [1.29, 1.82) is 0 Å². The minimum atomic E-state index is 0.894. The number of benzene rings is 1. The predicted octanol–water partition coefficient (Wildman–Crippen LogP) is 3.77. The fourth-order valence-electron chi connectivity index (χ4n) is 2.01. The standard InChI is InChI=1S/C13H11NOS/c1-8-5-9(15-2)6-11-10-3-4-16-12(10)7-14-13(8)11/h3-7H,1-2H3. The van der Waals surface area contributed by atoms with Crippen molar-refractivity contribution in [3.8, 4) is 5.75 Å². The topological polar surface area (TPSA) is 22.1 Å². The van der Waals surface area contributed by atoms with Crippen LogP contribution < -0.4 is 4.74 Å². The van der Waals surface area contributed by atoms with Crippen LogP contribution in [0.3, 0.4) is 0 Å². The van der Waals surface area contributed by atoms with Gasteiger partial charge >= 0.3 is 0 Å². The third-order valence-electron chi connectivity index (χ3n) is 2.81. The fourth-order valence-corrected chi connectivity index (χ4v) is 2.78. The van der Waals surface area contributed by atoms with Crippen molar-refractivity contribution in [2.24, 2.45) is 0 Å². The highest BCUT2D eigenvalue weighted by molar-refractivity contribution is 7.17. The largest absolute Gasteiger partial charge is 0.497 e. The Hall–Kier alpha value is -1.61. The zero-order chi connectivity index (χ0) is 11.1. The molecule has 0 aliphatic carbocycles. The minimum absolute atomic E-state index is 0.894. The van der Waals surface area contributed by atoms with Crippen molar-refractivity contribution >= 4 is 32.3 Å². The lowest BCUT2D eigenvalue weighted by molar-refractivity contribution is 0.415. The molecule has 0 atom stereocenters. The van der Waals surface area contributed by atoms with Crippen LogP contribution in [0, 0.1) is 6.92 Å². The number of hydrogen-bond donors (Lipinski definition) is 0. The highest BCUT2D eigenvalue weighted by Gasteiger charge is 2.07. The molecule has 16 heavy (non-hydrogen) atoms. The van der Waals surface area contributed by atoms with Crippen LogP contribution in [0.1, 0.15) is 5.56 Å². The second-order valence-electron chi connectivity index (χ2n) is 3.80. The first kappa shape index (κ1) is 9.60. The van der Waals surface area contributed by atoms with E-state index in [0.29, 0.717) is 0 Å². The van der Waals surface area contributed by atoms with Crippen molar-refractivity contribution in [2.45, 2.75) is 6.92 Å².